The Hall–Kier alpha value is -4.63. The van der Waals surface area contributed by atoms with Crippen LogP contribution in [0.3, 0.4) is 0 Å². The minimum atomic E-state index is -1.49. The van der Waals surface area contributed by atoms with Crippen molar-refractivity contribution >= 4 is 27.8 Å². The van der Waals surface area contributed by atoms with Crippen molar-refractivity contribution in [3.05, 3.63) is 56.2 Å². The molecule has 14 nitrogen and oxygen atoms in total. The number of methoxy groups -OCH3 is 4. The summed E-state index contributed by atoms with van der Waals surface area (Å²) in [5.74, 6) is -1.33. The van der Waals surface area contributed by atoms with Crippen LogP contribution in [0.5, 0.6) is 23.0 Å². The first-order valence-electron chi connectivity index (χ1n) is 12.3. The summed E-state index contributed by atoms with van der Waals surface area (Å²) in [6.45, 7) is 0.816. The summed E-state index contributed by atoms with van der Waals surface area (Å²) in [5.41, 5.74) is -1.46. The van der Waals surface area contributed by atoms with Gasteiger partial charge in [-0.25, -0.2) is 4.79 Å². The lowest BCUT2D eigenvalue weighted by molar-refractivity contribution is 0.0310. The third-order valence-electron chi connectivity index (χ3n) is 6.04. The van der Waals surface area contributed by atoms with Gasteiger partial charge in [-0.15, -0.1) is 0 Å². The molecule has 0 amide bonds. The molecule has 224 valence electrons. The second-order valence-electron chi connectivity index (χ2n) is 8.74. The van der Waals surface area contributed by atoms with Gasteiger partial charge in [0.1, 0.15) is 17.4 Å². The average molecular weight is 588 g/mol. The van der Waals surface area contributed by atoms with Crippen molar-refractivity contribution in [1.29, 1.82) is 0 Å². The molecule has 2 heterocycles. The summed E-state index contributed by atoms with van der Waals surface area (Å²) >= 11 is 0. The molecular weight excluding hydrogens is 558 g/mol. The summed E-state index contributed by atoms with van der Waals surface area (Å²) in [6, 6.07) is 4.31. The van der Waals surface area contributed by atoms with Gasteiger partial charge in [0.2, 0.25) is 5.43 Å². The number of pyridine rings is 1. The number of nitrogens with one attached hydrogen (secondary N) is 1. The number of hydrogen-bond donors (Lipinski definition) is 2. The minimum absolute atomic E-state index is 0.0307. The Labute approximate surface area is 238 Å². The van der Waals surface area contributed by atoms with Gasteiger partial charge in [0.05, 0.1) is 27.4 Å². The molecule has 4 rings (SSSR count). The van der Waals surface area contributed by atoms with Gasteiger partial charge in [-0.3, -0.25) is 9.59 Å². The van der Waals surface area contributed by atoms with Crippen molar-refractivity contribution in [2.45, 2.75) is 6.92 Å². The second kappa shape index (κ2) is 13.4. The van der Waals surface area contributed by atoms with E-state index < -0.39 is 22.4 Å². The van der Waals surface area contributed by atoms with Crippen LogP contribution >= 0.6 is 0 Å². The number of benzene rings is 2. The molecule has 0 aliphatic heterocycles. The molecule has 0 spiro atoms. The molecule has 0 aliphatic rings. The fraction of sp³-hybridized carbons (Fsp3) is 0.321. The van der Waals surface area contributed by atoms with E-state index in [4.69, 9.17) is 42.3 Å². The van der Waals surface area contributed by atoms with Crippen LogP contribution in [0.15, 0.2) is 38.5 Å². The van der Waals surface area contributed by atoms with E-state index in [0.717, 1.165) is 6.26 Å². The third-order valence-corrected chi connectivity index (χ3v) is 6.04. The summed E-state index contributed by atoms with van der Waals surface area (Å²) in [7, 11) is 5.62. The third kappa shape index (κ3) is 5.87. The summed E-state index contributed by atoms with van der Waals surface area (Å²) in [6.07, 6.45) is 1.09. The Bertz CT molecular complexity index is 1720. The largest absolute Gasteiger partial charge is 0.478 e. The van der Waals surface area contributed by atoms with E-state index in [0.29, 0.717) is 11.2 Å². The highest BCUT2D eigenvalue weighted by molar-refractivity contribution is 6.07. The molecule has 0 unspecified atom stereocenters. The number of rotatable bonds is 14. The van der Waals surface area contributed by atoms with Gasteiger partial charge in [0.25, 0.3) is 0 Å². The van der Waals surface area contributed by atoms with Gasteiger partial charge in [-0.05, 0) is 13.0 Å². The van der Waals surface area contributed by atoms with Crippen LogP contribution in [0.2, 0.25) is 0 Å². The van der Waals surface area contributed by atoms with Crippen LogP contribution in [0.25, 0.3) is 33.0 Å². The maximum absolute atomic E-state index is 13.9. The van der Waals surface area contributed by atoms with Crippen molar-refractivity contribution in [3.8, 4) is 34.1 Å². The maximum atomic E-state index is 13.9. The van der Waals surface area contributed by atoms with E-state index in [1.54, 1.807) is 13.0 Å². The Morgan fingerprint density at radius 2 is 1.38 bits per heavy atom. The second-order valence-corrected chi connectivity index (χ2v) is 8.74. The van der Waals surface area contributed by atoms with Gasteiger partial charge in [-0.2, -0.15) is 0 Å². The van der Waals surface area contributed by atoms with Crippen LogP contribution in [0.4, 0.5) is 0 Å². The van der Waals surface area contributed by atoms with Crippen molar-refractivity contribution in [1.82, 2.24) is 4.98 Å². The lowest BCUT2D eigenvalue weighted by atomic mass is 9.98. The number of fused-ring (bicyclic) bond motifs is 2. The van der Waals surface area contributed by atoms with Gasteiger partial charge >= 0.3 is 5.97 Å². The standard InChI is InChI=1S/C28H29NO13/c1-14-22(25(30)15-6-18(39-10-34-2)19(40-11-35-3)7-17(15)29-14)16-9-38-20-8-21(41-12-36-4)27(42-13-37-5)24(28(32)33)23(20)26(16)31/h6-9H,10-13H2,1-5H3,(H,29,30)(H,32,33). The highest BCUT2D eigenvalue weighted by Gasteiger charge is 2.27. The number of carboxylic acid groups (broad SMARTS) is 1. The number of aromatic nitrogens is 1. The van der Waals surface area contributed by atoms with Crippen LogP contribution in [0.1, 0.15) is 16.1 Å². The van der Waals surface area contributed by atoms with Crippen LogP contribution < -0.4 is 29.8 Å². The monoisotopic (exact) mass is 587 g/mol. The van der Waals surface area contributed by atoms with Gasteiger partial charge < -0.3 is 52.4 Å². The number of hydrogen-bond acceptors (Lipinski definition) is 12. The highest BCUT2D eigenvalue weighted by atomic mass is 16.7. The number of aryl methyl sites for hydroxylation is 1. The van der Waals surface area contributed by atoms with Gasteiger partial charge in [0.15, 0.2) is 55.6 Å². The van der Waals surface area contributed by atoms with Gasteiger partial charge in [0, 0.05) is 46.3 Å². The number of ether oxygens (including phenoxy) is 8. The molecule has 2 N–H and O–H groups in total. The lowest BCUT2D eigenvalue weighted by Gasteiger charge is -2.16. The zero-order valence-corrected chi connectivity index (χ0v) is 23.5. The summed E-state index contributed by atoms with van der Waals surface area (Å²) in [5, 5.41) is 9.97. The number of aromatic amines is 1. The normalized spacial score (nSPS) is 11.2. The first-order chi connectivity index (χ1) is 20.3. The fourth-order valence-electron chi connectivity index (χ4n) is 4.33. The molecule has 0 fully saturated rings. The van der Waals surface area contributed by atoms with Crippen LogP contribution in [-0.2, 0) is 18.9 Å². The number of carboxylic acids is 1. The molecule has 0 atom stereocenters. The van der Waals surface area contributed by atoms with E-state index in [9.17, 15) is 19.5 Å². The molecule has 0 aliphatic carbocycles. The fourth-order valence-corrected chi connectivity index (χ4v) is 4.33. The van der Waals surface area contributed by atoms with Crippen LogP contribution in [0, 0.1) is 6.92 Å². The van der Waals surface area contributed by atoms with Gasteiger partial charge in [-0.1, -0.05) is 0 Å². The van der Waals surface area contributed by atoms with Crippen molar-refractivity contribution in [2.75, 3.05) is 55.6 Å². The smallest absolute Gasteiger partial charge is 0.340 e. The van der Waals surface area contributed by atoms with E-state index in [-0.39, 0.29) is 77.7 Å². The first-order valence-corrected chi connectivity index (χ1v) is 12.3. The Morgan fingerprint density at radius 3 is 1.98 bits per heavy atom. The number of carbonyl (C=O) groups is 1. The van der Waals surface area contributed by atoms with E-state index in [1.807, 2.05) is 0 Å². The summed E-state index contributed by atoms with van der Waals surface area (Å²) in [4.78, 5) is 43.3. The molecule has 0 bridgehead atoms. The number of aromatic carboxylic acids is 1. The quantitative estimate of drug-likeness (QED) is 0.206. The number of H-pyrrole nitrogens is 1. The van der Waals surface area contributed by atoms with E-state index in [1.165, 1.54) is 40.6 Å². The van der Waals surface area contributed by atoms with Crippen molar-refractivity contribution < 1.29 is 52.2 Å². The average Bonchev–Trinajstić information content (AvgIpc) is 2.97. The predicted molar refractivity (Wildman–Crippen MR) is 148 cm³/mol. The summed E-state index contributed by atoms with van der Waals surface area (Å²) < 4.78 is 47.7. The van der Waals surface area contributed by atoms with E-state index >= 15 is 0 Å². The molecule has 14 heteroatoms. The predicted octanol–water partition coefficient (Wildman–Crippen LogP) is 3.24. The molecule has 0 radical (unpaired) electrons. The lowest BCUT2D eigenvalue weighted by Crippen LogP contribution is -2.18. The zero-order valence-electron chi connectivity index (χ0n) is 23.5. The maximum Gasteiger partial charge on any atom is 0.340 e. The topological polar surface area (TPSA) is 174 Å². The first kappa shape index (κ1) is 30.3. The molecule has 42 heavy (non-hydrogen) atoms. The Kier molecular flexibility index (Phi) is 9.64. The molecule has 4 aromatic rings. The molecular formula is C28H29NO13. The van der Waals surface area contributed by atoms with Crippen LogP contribution in [-0.4, -0.2) is 71.7 Å². The van der Waals surface area contributed by atoms with Crippen molar-refractivity contribution in [3.63, 3.8) is 0 Å². The zero-order chi connectivity index (χ0) is 30.4. The Morgan fingerprint density at radius 1 is 0.810 bits per heavy atom. The molecule has 2 aromatic heterocycles. The van der Waals surface area contributed by atoms with Crippen molar-refractivity contribution in [2.24, 2.45) is 0 Å². The highest BCUT2D eigenvalue weighted by Crippen LogP contribution is 2.38. The SMILES string of the molecule is COCOc1cc2[nH]c(C)c(-c3coc4cc(OCOC)c(OCOC)c(C(=O)O)c4c3=O)c(=O)c2cc1OCOC. The van der Waals surface area contributed by atoms with E-state index in [2.05, 4.69) is 4.98 Å². The Balaban J connectivity index is 2.00. The molecule has 0 saturated carbocycles. The molecule has 2 aromatic carbocycles. The molecule has 0 saturated heterocycles. The minimum Gasteiger partial charge on any atom is -0.478 e.